The Bertz CT molecular complexity index is 274. The van der Waals surface area contributed by atoms with Crippen molar-refractivity contribution in [3.05, 3.63) is 10.4 Å². The normalized spacial score (nSPS) is 12.7. The Kier molecular flexibility index (Phi) is 5.37. The molecule has 0 saturated carbocycles. The first kappa shape index (κ1) is 13.1. The fraction of sp³-hybridized carbons (Fsp3) is 0.800. The van der Waals surface area contributed by atoms with Crippen LogP contribution < -0.4 is 0 Å². The van der Waals surface area contributed by atoms with Gasteiger partial charge in [-0.25, -0.2) is 0 Å². The lowest BCUT2D eigenvalue weighted by Crippen LogP contribution is -2.17. The Morgan fingerprint density at radius 2 is 1.93 bits per heavy atom. The van der Waals surface area contributed by atoms with Crippen LogP contribution in [0.15, 0.2) is 5.11 Å². The van der Waals surface area contributed by atoms with Crippen LogP contribution in [0.5, 0.6) is 0 Å². The van der Waals surface area contributed by atoms with Gasteiger partial charge in [-0.1, -0.05) is 38.6 Å². The SMILES string of the molecule is CC(C)[C@@H](CC#C[Si](C)(C)C)N=[N+]=[N-]. The molecule has 0 rings (SSSR count). The summed E-state index contributed by atoms with van der Waals surface area (Å²) in [6, 6.07) is 0.0175. The van der Waals surface area contributed by atoms with Crippen LogP contribution in [0.4, 0.5) is 0 Å². The lowest BCUT2D eigenvalue weighted by Gasteiger charge is -2.11. The molecule has 0 aliphatic heterocycles. The fourth-order valence-electron chi connectivity index (χ4n) is 0.897. The van der Waals surface area contributed by atoms with E-state index in [1.165, 1.54) is 0 Å². The van der Waals surface area contributed by atoms with Gasteiger partial charge in [-0.3, -0.25) is 0 Å². The summed E-state index contributed by atoms with van der Waals surface area (Å²) in [5, 5.41) is 3.74. The van der Waals surface area contributed by atoms with Crippen LogP contribution in [0.2, 0.25) is 19.6 Å². The zero-order chi connectivity index (χ0) is 11.2. The second-order valence-electron chi connectivity index (χ2n) is 4.77. The number of hydrogen-bond donors (Lipinski definition) is 0. The van der Waals surface area contributed by atoms with E-state index < -0.39 is 8.07 Å². The second-order valence-corrected chi connectivity index (χ2v) is 9.52. The van der Waals surface area contributed by atoms with Gasteiger partial charge in [-0.15, -0.1) is 11.5 Å². The summed E-state index contributed by atoms with van der Waals surface area (Å²) in [5.74, 6) is 3.50. The van der Waals surface area contributed by atoms with Crippen LogP contribution in [0.1, 0.15) is 20.3 Å². The lowest BCUT2D eigenvalue weighted by molar-refractivity contribution is 0.500. The highest BCUT2D eigenvalue weighted by molar-refractivity contribution is 6.83. The molecule has 0 saturated heterocycles. The van der Waals surface area contributed by atoms with Crippen molar-refractivity contribution in [2.24, 2.45) is 11.0 Å². The van der Waals surface area contributed by atoms with Crippen molar-refractivity contribution < 1.29 is 0 Å². The van der Waals surface area contributed by atoms with Gasteiger partial charge in [0.15, 0.2) is 0 Å². The third-order valence-electron chi connectivity index (χ3n) is 1.74. The van der Waals surface area contributed by atoms with Gasteiger partial charge in [0, 0.05) is 11.3 Å². The molecule has 0 radical (unpaired) electrons. The van der Waals surface area contributed by atoms with Gasteiger partial charge < -0.3 is 0 Å². The van der Waals surface area contributed by atoms with E-state index in [2.05, 4.69) is 55.0 Å². The van der Waals surface area contributed by atoms with E-state index in [9.17, 15) is 0 Å². The highest BCUT2D eigenvalue weighted by Crippen LogP contribution is 2.10. The van der Waals surface area contributed by atoms with Crippen molar-refractivity contribution in [2.75, 3.05) is 0 Å². The fourth-order valence-corrected chi connectivity index (χ4v) is 1.53. The molecule has 0 aromatic carbocycles. The van der Waals surface area contributed by atoms with E-state index in [0.29, 0.717) is 12.3 Å². The monoisotopic (exact) mass is 209 g/mol. The van der Waals surface area contributed by atoms with Crippen LogP contribution in [0.3, 0.4) is 0 Å². The van der Waals surface area contributed by atoms with Gasteiger partial charge in [0.2, 0.25) is 0 Å². The van der Waals surface area contributed by atoms with Crippen molar-refractivity contribution in [3.63, 3.8) is 0 Å². The average Bonchev–Trinajstić information content (AvgIpc) is 2.00. The van der Waals surface area contributed by atoms with Crippen molar-refractivity contribution in [1.82, 2.24) is 0 Å². The van der Waals surface area contributed by atoms with Crippen molar-refractivity contribution >= 4 is 8.07 Å². The highest BCUT2D eigenvalue weighted by atomic mass is 28.3. The molecule has 14 heavy (non-hydrogen) atoms. The van der Waals surface area contributed by atoms with Crippen LogP contribution in [0.25, 0.3) is 10.4 Å². The summed E-state index contributed by atoms with van der Waals surface area (Å²) in [4.78, 5) is 2.84. The summed E-state index contributed by atoms with van der Waals surface area (Å²) < 4.78 is 0. The molecule has 0 bridgehead atoms. The van der Waals surface area contributed by atoms with Crippen LogP contribution in [-0.4, -0.2) is 14.1 Å². The molecule has 0 amide bonds. The predicted octanol–water partition coefficient (Wildman–Crippen LogP) is 3.59. The zero-order valence-electron chi connectivity index (χ0n) is 9.70. The molecule has 0 spiro atoms. The first-order valence-electron chi connectivity index (χ1n) is 4.91. The standard InChI is InChI=1S/C10H19N3Si/c1-9(2)10(12-13-11)7-6-8-14(3,4)5/h9-10H,7H2,1-5H3/t10-/m1/s1. The molecular weight excluding hydrogens is 190 g/mol. The molecule has 0 unspecified atom stereocenters. The first-order valence-corrected chi connectivity index (χ1v) is 8.41. The molecule has 0 aliphatic carbocycles. The quantitative estimate of drug-likeness (QED) is 0.224. The molecule has 3 nitrogen and oxygen atoms in total. The maximum atomic E-state index is 8.36. The zero-order valence-corrected chi connectivity index (χ0v) is 10.7. The average molecular weight is 209 g/mol. The number of nitrogens with zero attached hydrogens (tertiary/aromatic N) is 3. The molecule has 0 fully saturated rings. The summed E-state index contributed by atoms with van der Waals surface area (Å²) in [5.41, 5.74) is 11.6. The lowest BCUT2D eigenvalue weighted by atomic mass is 10.0. The van der Waals surface area contributed by atoms with E-state index in [4.69, 9.17) is 5.53 Å². The number of rotatable bonds is 3. The smallest absolute Gasteiger partial charge is 0.129 e. The van der Waals surface area contributed by atoms with Gasteiger partial charge in [0.05, 0.1) is 6.04 Å². The minimum Gasteiger partial charge on any atom is -0.132 e. The van der Waals surface area contributed by atoms with E-state index in [0.717, 1.165) is 0 Å². The summed E-state index contributed by atoms with van der Waals surface area (Å²) in [6.45, 7) is 10.7. The van der Waals surface area contributed by atoms with E-state index in [1.54, 1.807) is 0 Å². The third-order valence-corrected chi connectivity index (χ3v) is 2.67. The van der Waals surface area contributed by atoms with Crippen molar-refractivity contribution in [2.45, 2.75) is 46.0 Å². The van der Waals surface area contributed by atoms with Gasteiger partial charge in [-0.05, 0) is 11.4 Å². The van der Waals surface area contributed by atoms with Gasteiger partial charge in [0.1, 0.15) is 8.07 Å². The first-order chi connectivity index (χ1) is 6.37. The third kappa shape index (κ3) is 6.59. The summed E-state index contributed by atoms with van der Waals surface area (Å²) >= 11 is 0. The minimum atomic E-state index is -1.28. The molecule has 0 heterocycles. The van der Waals surface area contributed by atoms with Gasteiger partial charge in [-0.2, -0.15) is 0 Å². The van der Waals surface area contributed by atoms with E-state index >= 15 is 0 Å². The molecule has 1 atom stereocenters. The van der Waals surface area contributed by atoms with Crippen LogP contribution in [-0.2, 0) is 0 Å². The number of azide groups is 1. The molecule has 0 aromatic heterocycles. The second kappa shape index (κ2) is 5.74. The molecule has 0 aliphatic rings. The van der Waals surface area contributed by atoms with E-state index in [1.807, 2.05) is 0 Å². The highest BCUT2D eigenvalue weighted by Gasteiger charge is 2.11. The molecule has 78 valence electrons. The van der Waals surface area contributed by atoms with Gasteiger partial charge >= 0.3 is 0 Å². The topological polar surface area (TPSA) is 48.8 Å². The predicted molar refractivity (Wildman–Crippen MR) is 63.5 cm³/mol. The van der Waals surface area contributed by atoms with Crippen LogP contribution in [0, 0.1) is 17.4 Å². The van der Waals surface area contributed by atoms with Gasteiger partial charge in [0.25, 0.3) is 0 Å². The largest absolute Gasteiger partial charge is 0.132 e. The summed E-state index contributed by atoms with van der Waals surface area (Å²) in [6.07, 6.45) is 0.687. The Labute approximate surface area is 87.5 Å². The molecule has 4 heteroatoms. The Morgan fingerprint density at radius 3 is 2.29 bits per heavy atom. The minimum absolute atomic E-state index is 0.0175. The molecule has 0 aromatic rings. The molecule has 0 N–H and O–H groups in total. The van der Waals surface area contributed by atoms with E-state index in [-0.39, 0.29) is 6.04 Å². The Balaban J connectivity index is 4.31. The maximum absolute atomic E-state index is 8.36. The van der Waals surface area contributed by atoms with Crippen molar-refractivity contribution in [1.29, 1.82) is 0 Å². The summed E-state index contributed by atoms with van der Waals surface area (Å²) in [7, 11) is -1.28. The Hall–Kier alpha value is -0.913. The molecular formula is C10H19N3Si. The maximum Gasteiger partial charge on any atom is 0.129 e. The number of hydrogen-bond acceptors (Lipinski definition) is 1. The van der Waals surface area contributed by atoms with Crippen molar-refractivity contribution in [3.8, 4) is 11.5 Å². The van der Waals surface area contributed by atoms with Crippen LogP contribution >= 0.6 is 0 Å². The Morgan fingerprint density at radius 1 is 1.36 bits per heavy atom.